The molecule has 0 aromatic heterocycles. The lowest BCUT2D eigenvalue weighted by atomic mass is 9.47. The molecule has 4 atom stereocenters. The fraction of sp³-hybridized carbons (Fsp3) is 0.938. The zero-order valence-electron chi connectivity index (χ0n) is 13.5. The summed E-state index contributed by atoms with van der Waals surface area (Å²) in [5.74, 6) is 0.589. The topological polar surface area (TPSA) is 86.8 Å². The minimum atomic E-state index is -1.48. The monoisotopic (exact) mass is 340 g/mol. The van der Waals surface area contributed by atoms with E-state index < -0.39 is 19.1 Å². The highest BCUT2D eigenvalue weighted by Gasteiger charge is 2.60. The van der Waals surface area contributed by atoms with E-state index in [9.17, 15) is 14.8 Å². The molecule has 128 valence electrons. The molecule has 5 nitrogen and oxygen atoms in total. The van der Waals surface area contributed by atoms with Gasteiger partial charge in [0.25, 0.3) is 0 Å². The molecule has 2 unspecified atom stereocenters. The van der Waals surface area contributed by atoms with Crippen LogP contribution in [0.25, 0.3) is 0 Å². The van der Waals surface area contributed by atoms with Crippen LogP contribution in [0.1, 0.15) is 51.4 Å². The quantitative estimate of drug-likeness (QED) is 0.526. The second-order valence-electron chi connectivity index (χ2n) is 8.61. The van der Waals surface area contributed by atoms with Crippen molar-refractivity contribution < 1.29 is 14.8 Å². The molecule has 1 aliphatic heterocycles. The Morgan fingerprint density at radius 1 is 1.26 bits per heavy atom. The number of carbonyl (C=O) groups excluding carboxylic acids is 1. The average molecular weight is 341 g/mol. The number of halogens is 1. The van der Waals surface area contributed by atoms with Gasteiger partial charge >= 0.3 is 7.12 Å². The van der Waals surface area contributed by atoms with Crippen LogP contribution in [0.3, 0.4) is 0 Å². The molecule has 4 N–H and O–H groups in total. The van der Waals surface area contributed by atoms with E-state index >= 15 is 0 Å². The van der Waals surface area contributed by atoms with Gasteiger partial charge in [0, 0.05) is 11.4 Å². The zero-order chi connectivity index (χ0) is 16.4. The molecule has 1 heterocycles. The Morgan fingerprint density at radius 3 is 2.48 bits per heavy atom. The Kier molecular flexibility index (Phi) is 3.77. The molecular weight excluding hydrogens is 314 g/mol. The van der Waals surface area contributed by atoms with Crippen LogP contribution in [-0.4, -0.2) is 51.4 Å². The van der Waals surface area contributed by atoms with Crippen molar-refractivity contribution in [3.8, 4) is 0 Å². The van der Waals surface area contributed by atoms with Crippen LogP contribution in [0.4, 0.5) is 0 Å². The van der Waals surface area contributed by atoms with Crippen molar-refractivity contribution in [2.24, 2.45) is 23.0 Å². The molecule has 4 saturated carbocycles. The normalized spacial score (nSPS) is 46.3. The van der Waals surface area contributed by atoms with E-state index in [1.54, 1.807) is 4.90 Å². The standard InChI is InChI=1S/C16H26BClN2O3/c18-16-7-10-4-11(8-16)6-15(5-10,9-16)13(19)14(21)20-3-1-2-12(20)17(22)23/h10-13,22-23H,1-9,19H2/t10?,11?,12-,13+,15?,16?/m0/s1. The molecule has 7 heteroatoms. The number of hydrogen-bond acceptors (Lipinski definition) is 4. The Bertz CT molecular complexity index is 504. The number of amides is 1. The number of carbonyl (C=O) groups is 1. The van der Waals surface area contributed by atoms with E-state index in [4.69, 9.17) is 17.3 Å². The first-order valence-electron chi connectivity index (χ1n) is 8.93. The molecule has 1 saturated heterocycles. The fourth-order valence-corrected chi connectivity index (χ4v) is 7.10. The highest BCUT2D eigenvalue weighted by atomic mass is 35.5. The van der Waals surface area contributed by atoms with Gasteiger partial charge in [-0.1, -0.05) is 0 Å². The summed E-state index contributed by atoms with van der Waals surface area (Å²) in [6, 6.07) is -0.564. The summed E-state index contributed by atoms with van der Waals surface area (Å²) < 4.78 is 0. The van der Waals surface area contributed by atoms with Crippen LogP contribution in [0.2, 0.25) is 0 Å². The molecule has 5 aliphatic rings. The molecule has 4 bridgehead atoms. The SMILES string of the molecule is N[C@H](C(=O)N1CCC[C@H]1B(O)O)C12CC3CC(CC(Cl)(C3)C1)C2. The molecule has 1 amide bonds. The lowest BCUT2D eigenvalue weighted by Gasteiger charge is -2.61. The lowest BCUT2D eigenvalue weighted by Crippen LogP contribution is -2.64. The number of hydrogen-bond donors (Lipinski definition) is 3. The van der Waals surface area contributed by atoms with E-state index in [0.717, 1.165) is 38.5 Å². The Balaban J connectivity index is 1.57. The number of likely N-dealkylation sites (tertiary alicyclic amines) is 1. The van der Waals surface area contributed by atoms with Crippen molar-refractivity contribution in [2.45, 2.75) is 68.2 Å². The summed E-state index contributed by atoms with van der Waals surface area (Å²) in [4.78, 5) is 14.5. The first-order valence-corrected chi connectivity index (χ1v) is 9.31. The molecule has 0 radical (unpaired) electrons. The van der Waals surface area contributed by atoms with Crippen LogP contribution in [0.5, 0.6) is 0 Å². The maximum absolute atomic E-state index is 13.0. The van der Waals surface area contributed by atoms with Gasteiger partial charge in [-0.3, -0.25) is 4.79 Å². The Morgan fingerprint density at radius 2 is 1.91 bits per heavy atom. The largest absolute Gasteiger partial charge is 0.475 e. The van der Waals surface area contributed by atoms with Crippen LogP contribution in [0, 0.1) is 17.3 Å². The Labute approximate surface area is 142 Å². The van der Waals surface area contributed by atoms with Gasteiger partial charge in [0.15, 0.2) is 0 Å². The molecule has 0 spiro atoms. The van der Waals surface area contributed by atoms with Crippen molar-refractivity contribution in [1.82, 2.24) is 4.90 Å². The number of nitrogens with zero attached hydrogens (tertiary/aromatic N) is 1. The second-order valence-corrected chi connectivity index (χ2v) is 9.41. The summed E-state index contributed by atoms with van der Waals surface area (Å²) in [7, 11) is -1.48. The third-order valence-electron chi connectivity index (χ3n) is 6.89. The van der Waals surface area contributed by atoms with Gasteiger partial charge < -0.3 is 20.7 Å². The number of rotatable bonds is 3. The van der Waals surface area contributed by atoms with E-state index in [1.165, 1.54) is 6.42 Å². The van der Waals surface area contributed by atoms with Gasteiger partial charge in [-0.05, 0) is 68.6 Å². The highest BCUT2D eigenvalue weighted by Crippen LogP contribution is 2.64. The average Bonchev–Trinajstić information content (AvgIpc) is 2.92. The minimum Gasteiger partial charge on any atom is -0.426 e. The van der Waals surface area contributed by atoms with Crippen LogP contribution in [-0.2, 0) is 4.79 Å². The van der Waals surface area contributed by atoms with Crippen LogP contribution >= 0.6 is 11.6 Å². The molecule has 0 aromatic carbocycles. The maximum Gasteiger partial charge on any atom is 0.475 e. The summed E-state index contributed by atoms with van der Waals surface area (Å²) in [5, 5.41) is 19.1. The van der Waals surface area contributed by atoms with Gasteiger partial charge in [0.05, 0.1) is 12.0 Å². The van der Waals surface area contributed by atoms with E-state index in [0.29, 0.717) is 24.8 Å². The van der Waals surface area contributed by atoms with Crippen molar-refractivity contribution in [3.63, 3.8) is 0 Å². The smallest absolute Gasteiger partial charge is 0.426 e. The van der Waals surface area contributed by atoms with Gasteiger partial charge in [-0.15, -0.1) is 11.6 Å². The predicted octanol–water partition coefficient (Wildman–Crippen LogP) is 0.894. The molecule has 4 aliphatic carbocycles. The van der Waals surface area contributed by atoms with Gasteiger partial charge in [-0.25, -0.2) is 0 Å². The van der Waals surface area contributed by atoms with Crippen LogP contribution < -0.4 is 5.73 Å². The van der Waals surface area contributed by atoms with E-state index in [1.807, 2.05) is 0 Å². The number of alkyl halides is 1. The summed E-state index contributed by atoms with van der Waals surface area (Å²) in [6.45, 7) is 0.573. The third kappa shape index (κ3) is 2.53. The molecule has 5 rings (SSSR count). The van der Waals surface area contributed by atoms with E-state index in [2.05, 4.69) is 0 Å². The third-order valence-corrected chi connectivity index (χ3v) is 7.33. The first-order chi connectivity index (χ1) is 10.8. The molecule has 0 aromatic rings. The first kappa shape index (κ1) is 16.2. The van der Waals surface area contributed by atoms with Gasteiger partial charge in [-0.2, -0.15) is 0 Å². The summed E-state index contributed by atoms with van der Waals surface area (Å²) in [6.07, 6.45) is 7.65. The van der Waals surface area contributed by atoms with Crippen LogP contribution in [0.15, 0.2) is 0 Å². The molecule has 23 heavy (non-hydrogen) atoms. The molecular formula is C16H26BClN2O3. The van der Waals surface area contributed by atoms with Gasteiger partial charge in [0.1, 0.15) is 0 Å². The lowest BCUT2D eigenvalue weighted by molar-refractivity contribution is -0.142. The van der Waals surface area contributed by atoms with Crippen molar-refractivity contribution >= 4 is 24.6 Å². The molecule has 5 fully saturated rings. The summed E-state index contributed by atoms with van der Waals surface area (Å²) >= 11 is 6.85. The maximum atomic E-state index is 13.0. The van der Waals surface area contributed by atoms with Gasteiger partial charge in [0.2, 0.25) is 5.91 Å². The summed E-state index contributed by atoms with van der Waals surface area (Å²) in [5.41, 5.74) is 6.32. The number of nitrogens with two attached hydrogens (primary N) is 1. The minimum absolute atomic E-state index is 0.109. The second kappa shape index (κ2) is 5.35. The van der Waals surface area contributed by atoms with Crippen molar-refractivity contribution in [1.29, 1.82) is 0 Å². The fourth-order valence-electron chi connectivity index (χ4n) is 6.40. The van der Waals surface area contributed by atoms with E-state index in [-0.39, 0.29) is 16.2 Å². The van der Waals surface area contributed by atoms with Crippen molar-refractivity contribution in [2.75, 3.05) is 6.54 Å². The Hall–Kier alpha value is -0.295. The van der Waals surface area contributed by atoms with Crippen molar-refractivity contribution in [3.05, 3.63) is 0 Å². The predicted molar refractivity (Wildman–Crippen MR) is 88.6 cm³/mol. The highest BCUT2D eigenvalue weighted by molar-refractivity contribution is 6.43. The zero-order valence-corrected chi connectivity index (χ0v) is 14.2.